The molecule has 4 fully saturated rings. The van der Waals surface area contributed by atoms with E-state index in [-0.39, 0.29) is 53.4 Å². The van der Waals surface area contributed by atoms with E-state index < -0.39 is 0 Å². The molecule has 2 bridgehead atoms. The number of hydrogen-bond acceptors (Lipinski definition) is 3. The Kier molecular flexibility index (Phi) is 4.14. The van der Waals surface area contributed by atoms with Gasteiger partial charge in [-0.3, -0.25) is 19.3 Å². The molecule has 5 nitrogen and oxygen atoms in total. The molecule has 7 rings (SSSR count). The first-order chi connectivity index (χ1) is 14.5. The van der Waals surface area contributed by atoms with Crippen LogP contribution in [0.1, 0.15) is 32.1 Å². The molecule has 30 heavy (non-hydrogen) atoms. The lowest BCUT2D eigenvalue weighted by atomic mass is 9.63. The van der Waals surface area contributed by atoms with E-state index in [0.29, 0.717) is 48.2 Å². The average Bonchev–Trinajstić information content (AvgIpc) is 3.52. The maximum absolute atomic E-state index is 13.3. The third kappa shape index (κ3) is 2.71. The fourth-order valence-electron chi connectivity index (χ4n) is 6.75. The van der Waals surface area contributed by atoms with E-state index in [9.17, 15) is 14.4 Å². The zero-order valence-corrected chi connectivity index (χ0v) is 17.4. The van der Waals surface area contributed by atoms with Gasteiger partial charge < -0.3 is 5.32 Å². The van der Waals surface area contributed by atoms with E-state index >= 15 is 0 Å². The molecule has 6 aliphatic rings. The van der Waals surface area contributed by atoms with E-state index in [0.717, 1.165) is 0 Å². The van der Waals surface area contributed by atoms with Crippen LogP contribution >= 0.6 is 11.6 Å². The quantitative estimate of drug-likeness (QED) is 0.591. The zero-order chi connectivity index (χ0) is 20.6. The summed E-state index contributed by atoms with van der Waals surface area (Å²) in [7, 11) is 0. The number of rotatable bonds is 3. The lowest BCUT2D eigenvalue weighted by Crippen LogP contribution is -2.44. The Morgan fingerprint density at radius 2 is 1.60 bits per heavy atom. The Labute approximate surface area is 180 Å². The highest BCUT2D eigenvalue weighted by atomic mass is 35.5. The van der Waals surface area contributed by atoms with E-state index in [2.05, 4.69) is 17.5 Å². The molecule has 1 aliphatic heterocycles. The Balaban J connectivity index is 1.12. The summed E-state index contributed by atoms with van der Waals surface area (Å²) in [5.41, 5.74) is 0.699. The largest absolute Gasteiger partial charge is 0.326 e. The van der Waals surface area contributed by atoms with Crippen molar-refractivity contribution < 1.29 is 14.4 Å². The molecule has 3 saturated carbocycles. The van der Waals surface area contributed by atoms with Crippen molar-refractivity contribution in [2.75, 3.05) is 5.32 Å². The second kappa shape index (κ2) is 6.68. The van der Waals surface area contributed by atoms with Crippen molar-refractivity contribution in [3.63, 3.8) is 0 Å². The number of halogens is 1. The maximum atomic E-state index is 13.3. The Morgan fingerprint density at radius 1 is 0.967 bits per heavy atom. The molecule has 0 spiro atoms. The Bertz CT molecular complexity index is 931. The average molecular weight is 425 g/mol. The van der Waals surface area contributed by atoms with Gasteiger partial charge in [-0.25, -0.2) is 0 Å². The summed E-state index contributed by atoms with van der Waals surface area (Å²) >= 11 is 6.00. The van der Waals surface area contributed by atoms with Crippen molar-refractivity contribution in [2.45, 2.75) is 38.1 Å². The minimum Gasteiger partial charge on any atom is -0.326 e. The summed E-state index contributed by atoms with van der Waals surface area (Å²) in [6.45, 7) is 0. The standard InChI is InChI=1S/C24H25ClN2O3/c25-13-2-1-3-14(10-13)26-22(28)12-4-6-15(7-5-12)27-23(29)20-16-8-9-17(19-11-18(16)19)21(20)24(27)30/h1-3,8-10,12,15-21H,4-7,11H2,(H,26,28). The van der Waals surface area contributed by atoms with Crippen LogP contribution in [0, 0.1) is 41.4 Å². The SMILES string of the molecule is O=C(Nc1cccc(Cl)c1)C1CCC(N2C(=O)C3C4C=CC(C5CC45)C3C2=O)CC1. The van der Waals surface area contributed by atoms with Crippen LogP contribution < -0.4 is 5.32 Å². The molecule has 1 N–H and O–H groups in total. The number of amides is 3. The third-order valence-corrected chi connectivity index (χ3v) is 8.46. The second-order valence-electron chi connectivity index (χ2n) is 9.71. The molecule has 0 radical (unpaired) electrons. The van der Waals surface area contributed by atoms with E-state index in [1.165, 1.54) is 6.42 Å². The van der Waals surface area contributed by atoms with Crippen molar-refractivity contribution in [2.24, 2.45) is 41.4 Å². The first-order valence-electron chi connectivity index (χ1n) is 11.1. The smallest absolute Gasteiger partial charge is 0.233 e. The van der Waals surface area contributed by atoms with Gasteiger partial charge in [-0.2, -0.15) is 0 Å². The molecule has 5 aliphatic carbocycles. The molecule has 1 heterocycles. The summed E-state index contributed by atoms with van der Waals surface area (Å²) in [5.74, 6) is 1.56. The molecule has 6 atom stereocenters. The fraction of sp³-hybridized carbons (Fsp3) is 0.542. The van der Waals surface area contributed by atoms with Crippen molar-refractivity contribution >= 4 is 35.0 Å². The third-order valence-electron chi connectivity index (χ3n) is 8.22. The van der Waals surface area contributed by atoms with E-state index in [1.807, 2.05) is 12.1 Å². The van der Waals surface area contributed by atoms with Gasteiger partial charge >= 0.3 is 0 Å². The fourth-order valence-corrected chi connectivity index (χ4v) is 6.94. The van der Waals surface area contributed by atoms with Crippen molar-refractivity contribution in [3.8, 4) is 0 Å². The Morgan fingerprint density at radius 3 is 2.20 bits per heavy atom. The minimum absolute atomic E-state index is 0.00852. The summed E-state index contributed by atoms with van der Waals surface area (Å²) in [5, 5.41) is 3.53. The van der Waals surface area contributed by atoms with Crippen LogP contribution in [0.25, 0.3) is 0 Å². The summed E-state index contributed by atoms with van der Waals surface area (Å²) in [6.07, 6.45) is 8.42. The van der Waals surface area contributed by atoms with Crippen LogP contribution in [0.5, 0.6) is 0 Å². The predicted octanol–water partition coefficient (Wildman–Crippen LogP) is 3.89. The predicted molar refractivity (Wildman–Crippen MR) is 112 cm³/mol. The molecule has 6 unspecified atom stereocenters. The highest BCUT2D eigenvalue weighted by Crippen LogP contribution is 2.65. The molecule has 156 valence electrons. The van der Waals surface area contributed by atoms with Crippen LogP contribution in [0.3, 0.4) is 0 Å². The van der Waals surface area contributed by atoms with Gasteiger partial charge in [0.05, 0.1) is 11.8 Å². The normalized spacial score (nSPS) is 40.9. The van der Waals surface area contributed by atoms with Gasteiger partial charge in [-0.15, -0.1) is 0 Å². The van der Waals surface area contributed by atoms with Crippen LogP contribution in [0.15, 0.2) is 36.4 Å². The highest BCUT2D eigenvalue weighted by Gasteiger charge is 2.67. The monoisotopic (exact) mass is 424 g/mol. The number of benzene rings is 1. The van der Waals surface area contributed by atoms with E-state index in [1.54, 1.807) is 17.0 Å². The summed E-state index contributed by atoms with van der Waals surface area (Å²) in [4.78, 5) is 40.8. The lowest BCUT2D eigenvalue weighted by Gasteiger charge is -2.37. The summed E-state index contributed by atoms with van der Waals surface area (Å²) < 4.78 is 0. The van der Waals surface area contributed by atoms with Crippen molar-refractivity contribution in [3.05, 3.63) is 41.4 Å². The number of hydrogen-bond donors (Lipinski definition) is 1. The topological polar surface area (TPSA) is 66.5 Å². The summed E-state index contributed by atoms with van der Waals surface area (Å²) in [6, 6.07) is 7.09. The zero-order valence-electron chi connectivity index (χ0n) is 16.7. The number of imide groups is 1. The minimum atomic E-state index is -0.125. The molecular weight excluding hydrogens is 400 g/mol. The number of nitrogens with one attached hydrogen (secondary N) is 1. The van der Waals surface area contributed by atoms with Gasteiger partial charge in [-0.1, -0.05) is 29.8 Å². The first-order valence-corrected chi connectivity index (χ1v) is 11.5. The Hall–Kier alpha value is -2.14. The number of likely N-dealkylation sites (tertiary alicyclic amines) is 1. The van der Waals surface area contributed by atoms with Crippen molar-refractivity contribution in [1.82, 2.24) is 4.90 Å². The molecular formula is C24H25ClN2O3. The van der Waals surface area contributed by atoms with Crippen LogP contribution in [0.4, 0.5) is 5.69 Å². The highest BCUT2D eigenvalue weighted by molar-refractivity contribution is 6.30. The maximum Gasteiger partial charge on any atom is 0.233 e. The van der Waals surface area contributed by atoms with Gasteiger partial charge in [0.15, 0.2) is 0 Å². The molecule has 1 aromatic rings. The first kappa shape index (κ1) is 18.6. The lowest BCUT2D eigenvalue weighted by molar-refractivity contribution is -0.144. The van der Waals surface area contributed by atoms with Gasteiger partial charge in [0.1, 0.15) is 0 Å². The molecule has 1 aromatic carbocycles. The van der Waals surface area contributed by atoms with E-state index in [4.69, 9.17) is 11.6 Å². The number of allylic oxidation sites excluding steroid dienone is 2. The number of anilines is 1. The second-order valence-corrected chi connectivity index (χ2v) is 10.1. The number of carbonyl (C=O) groups is 3. The molecule has 0 aromatic heterocycles. The van der Waals surface area contributed by atoms with Crippen LogP contribution in [-0.2, 0) is 14.4 Å². The van der Waals surface area contributed by atoms with Gasteiger partial charge in [0.2, 0.25) is 17.7 Å². The van der Waals surface area contributed by atoms with Crippen molar-refractivity contribution in [1.29, 1.82) is 0 Å². The molecule has 1 saturated heterocycles. The number of carbonyl (C=O) groups excluding carboxylic acids is 3. The van der Waals surface area contributed by atoms with Gasteiger partial charge in [0.25, 0.3) is 0 Å². The van der Waals surface area contributed by atoms with Gasteiger partial charge in [-0.05, 0) is 74.0 Å². The molecule has 6 heteroatoms. The van der Waals surface area contributed by atoms with Crippen LogP contribution in [0.2, 0.25) is 5.02 Å². The molecule has 3 amide bonds. The van der Waals surface area contributed by atoms with Crippen LogP contribution in [-0.4, -0.2) is 28.7 Å². The van der Waals surface area contributed by atoms with Gasteiger partial charge in [0, 0.05) is 22.7 Å². The number of nitrogens with zero attached hydrogens (tertiary/aromatic N) is 1.